The number of fused-ring (bicyclic) bond motifs is 1. The molecule has 17 heteroatoms. The molecule has 0 spiro atoms. The standard InChI is InChI=1S/C44H46Cl2F2N6O6S/c1-43(56)14-11-28(12-15-43)27-59-42-37(46)22-33(24-49-42)61(57,58)52-41(55)35-10-9-32(21-40(35)60-39-4-2-3-38-36(39)25-50-51-38)54-19-17-53(18-20-54)26-30-23-44(47,48)16-13-34(30)29-5-7-31(45)8-6-29/h2-10,21-22,24-25,28,56H,11-20,23,26-27H2,1H3,(H,50,51)(H,52,55)/t28-,43+. The Morgan fingerprint density at radius 1 is 0.984 bits per heavy atom. The van der Waals surface area contributed by atoms with Crippen LogP contribution in [0, 0.1) is 5.92 Å². The number of sulfonamides is 1. The van der Waals surface area contributed by atoms with Gasteiger partial charge in [0.25, 0.3) is 21.9 Å². The summed E-state index contributed by atoms with van der Waals surface area (Å²) in [5.41, 5.74) is 3.29. The van der Waals surface area contributed by atoms with Gasteiger partial charge in [-0.05, 0) is 104 Å². The third-order valence-electron chi connectivity index (χ3n) is 11.8. The molecule has 0 bridgehead atoms. The monoisotopic (exact) mass is 894 g/mol. The molecule has 3 heterocycles. The van der Waals surface area contributed by atoms with E-state index in [1.54, 1.807) is 42.6 Å². The Labute approximate surface area is 362 Å². The van der Waals surface area contributed by atoms with Gasteiger partial charge in [-0.1, -0.05) is 41.4 Å². The minimum Gasteiger partial charge on any atom is -0.476 e. The average Bonchev–Trinajstić information content (AvgIpc) is 3.71. The summed E-state index contributed by atoms with van der Waals surface area (Å²) in [6.45, 7) is 4.87. The highest BCUT2D eigenvalue weighted by molar-refractivity contribution is 7.90. The number of piperazine rings is 1. The molecule has 5 aromatic rings. The SMILES string of the molecule is C[C@]1(O)CC[C@@H](COc2ncc(S(=O)(=O)NC(=O)c3ccc(N4CCN(CC5=C(c6ccc(Cl)cc6)CCC(F)(F)C5)CC4)cc3Oc3cccc4[nH]ncc34)cc2Cl)CC1. The van der Waals surface area contributed by atoms with E-state index in [1.165, 1.54) is 12.1 Å². The van der Waals surface area contributed by atoms with Gasteiger partial charge < -0.3 is 19.5 Å². The number of carbonyl (C=O) groups excluding carboxylic acids is 1. The first-order valence-electron chi connectivity index (χ1n) is 20.3. The quantitative estimate of drug-likeness (QED) is 0.111. The van der Waals surface area contributed by atoms with E-state index in [2.05, 4.69) is 29.7 Å². The van der Waals surface area contributed by atoms with Gasteiger partial charge in [0.2, 0.25) is 5.88 Å². The summed E-state index contributed by atoms with van der Waals surface area (Å²) in [5.74, 6) is -2.94. The molecule has 2 aliphatic carbocycles. The van der Waals surface area contributed by atoms with Gasteiger partial charge in [-0.2, -0.15) is 5.10 Å². The number of nitrogens with zero attached hydrogens (tertiary/aromatic N) is 4. The molecule has 1 saturated carbocycles. The first kappa shape index (κ1) is 42.9. The number of alkyl halides is 2. The van der Waals surface area contributed by atoms with Crippen molar-refractivity contribution < 1.29 is 36.6 Å². The summed E-state index contributed by atoms with van der Waals surface area (Å²) in [5, 5.41) is 18.5. The maximum Gasteiger partial charge on any atom is 0.268 e. The van der Waals surface area contributed by atoms with Crippen LogP contribution in [-0.2, 0) is 10.0 Å². The van der Waals surface area contributed by atoms with Crippen molar-refractivity contribution in [3.05, 3.63) is 106 Å². The summed E-state index contributed by atoms with van der Waals surface area (Å²) >= 11 is 12.5. The number of aromatic amines is 1. The Morgan fingerprint density at radius 2 is 1.74 bits per heavy atom. The molecule has 0 atom stereocenters. The van der Waals surface area contributed by atoms with Crippen molar-refractivity contribution in [2.75, 3.05) is 44.2 Å². The highest BCUT2D eigenvalue weighted by Crippen LogP contribution is 2.42. The maximum atomic E-state index is 14.7. The third-order valence-corrected chi connectivity index (χ3v) is 13.6. The van der Waals surface area contributed by atoms with E-state index < -0.39 is 27.5 Å². The normalized spacial score (nSPS) is 21.1. The lowest BCUT2D eigenvalue weighted by molar-refractivity contribution is -0.0109. The Morgan fingerprint density at radius 3 is 2.48 bits per heavy atom. The van der Waals surface area contributed by atoms with Gasteiger partial charge in [0.1, 0.15) is 21.4 Å². The summed E-state index contributed by atoms with van der Waals surface area (Å²) < 4.78 is 70.9. The van der Waals surface area contributed by atoms with Crippen molar-refractivity contribution in [1.82, 2.24) is 24.8 Å². The molecular formula is C44H46Cl2F2N6O6S. The molecule has 0 radical (unpaired) electrons. The largest absolute Gasteiger partial charge is 0.476 e. The molecule has 1 amide bonds. The van der Waals surface area contributed by atoms with Crippen LogP contribution in [0.3, 0.4) is 0 Å². The Kier molecular flexibility index (Phi) is 12.3. The molecule has 3 aromatic carbocycles. The van der Waals surface area contributed by atoms with Crippen molar-refractivity contribution in [3.8, 4) is 17.4 Å². The topological polar surface area (TPSA) is 150 Å². The highest BCUT2D eigenvalue weighted by Gasteiger charge is 2.37. The van der Waals surface area contributed by atoms with Crippen LogP contribution >= 0.6 is 23.2 Å². The predicted octanol–water partition coefficient (Wildman–Crippen LogP) is 8.89. The number of aromatic nitrogens is 3. The molecule has 61 heavy (non-hydrogen) atoms. The molecule has 322 valence electrons. The summed E-state index contributed by atoms with van der Waals surface area (Å²) in [6.07, 6.45) is 5.36. The van der Waals surface area contributed by atoms with Gasteiger partial charge in [0, 0.05) is 62.3 Å². The minimum atomic E-state index is -4.46. The van der Waals surface area contributed by atoms with Crippen LogP contribution < -0.4 is 19.1 Å². The first-order chi connectivity index (χ1) is 29.1. The summed E-state index contributed by atoms with van der Waals surface area (Å²) in [6, 6.07) is 18.8. The van der Waals surface area contributed by atoms with Crippen LogP contribution in [0.1, 0.15) is 67.8 Å². The van der Waals surface area contributed by atoms with Gasteiger partial charge in [-0.3, -0.25) is 14.8 Å². The molecule has 8 rings (SSSR count). The van der Waals surface area contributed by atoms with E-state index in [1.807, 2.05) is 25.1 Å². The zero-order valence-corrected chi connectivity index (χ0v) is 35.8. The van der Waals surface area contributed by atoms with Crippen molar-refractivity contribution in [2.24, 2.45) is 5.92 Å². The molecule has 1 aliphatic heterocycles. The molecule has 0 unspecified atom stereocenters. The third kappa shape index (κ3) is 10.1. The van der Waals surface area contributed by atoms with Crippen LogP contribution in [0.5, 0.6) is 17.4 Å². The fraction of sp³-hybridized carbons (Fsp3) is 0.386. The van der Waals surface area contributed by atoms with E-state index in [9.17, 15) is 27.1 Å². The maximum absolute atomic E-state index is 14.7. The number of halogens is 4. The molecule has 2 aromatic heterocycles. The van der Waals surface area contributed by atoms with Crippen molar-refractivity contribution in [1.29, 1.82) is 0 Å². The first-order valence-corrected chi connectivity index (χ1v) is 22.5. The fourth-order valence-electron chi connectivity index (χ4n) is 8.27. The van der Waals surface area contributed by atoms with Crippen molar-refractivity contribution in [3.63, 3.8) is 0 Å². The summed E-state index contributed by atoms with van der Waals surface area (Å²) in [4.78, 5) is 22.0. The second-order valence-electron chi connectivity index (χ2n) is 16.4. The number of benzene rings is 3. The van der Waals surface area contributed by atoms with E-state index in [0.717, 1.165) is 41.4 Å². The van der Waals surface area contributed by atoms with Gasteiger partial charge >= 0.3 is 0 Å². The number of pyridine rings is 1. The lowest BCUT2D eigenvalue weighted by Gasteiger charge is -2.38. The predicted molar refractivity (Wildman–Crippen MR) is 230 cm³/mol. The number of hydrogen-bond acceptors (Lipinski definition) is 10. The van der Waals surface area contributed by atoms with Crippen LogP contribution in [0.4, 0.5) is 14.5 Å². The zero-order chi connectivity index (χ0) is 42.9. The number of amides is 1. The number of ether oxygens (including phenoxy) is 2. The number of H-pyrrole nitrogens is 1. The van der Waals surface area contributed by atoms with Crippen LogP contribution in [0.25, 0.3) is 16.5 Å². The van der Waals surface area contributed by atoms with E-state index in [0.29, 0.717) is 80.3 Å². The highest BCUT2D eigenvalue weighted by atomic mass is 35.5. The Hall–Kier alpha value is -4.80. The number of carbonyl (C=O) groups is 1. The average molecular weight is 896 g/mol. The van der Waals surface area contributed by atoms with Gasteiger partial charge in [0.05, 0.1) is 41.1 Å². The van der Waals surface area contributed by atoms with E-state index >= 15 is 0 Å². The molecular weight excluding hydrogens is 849 g/mol. The van der Waals surface area contributed by atoms with E-state index in [4.69, 9.17) is 32.7 Å². The minimum absolute atomic E-state index is 0.0322. The number of aliphatic hydroxyl groups is 1. The second-order valence-corrected chi connectivity index (χ2v) is 18.9. The Bertz CT molecular complexity index is 2550. The molecule has 2 fully saturated rings. The van der Waals surface area contributed by atoms with Crippen molar-refractivity contribution in [2.45, 2.75) is 68.3 Å². The smallest absolute Gasteiger partial charge is 0.268 e. The Balaban J connectivity index is 0.983. The number of allylic oxidation sites excluding steroid dienone is 1. The fourth-order valence-corrected chi connectivity index (χ4v) is 9.61. The lowest BCUT2D eigenvalue weighted by Crippen LogP contribution is -2.47. The van der Waals surface area contributed by atoms with Crippen LogP contribution in [0.15, 0.2) is 89.6 Å². The van der Waals surface area contributed by atoms with E-state index in [-0.39, 0.29) is 45.9 Å². The van der Waals surface area contributed by atoms with Gasteiger partial charge in [0.15, 0.2) is 0 Å². The number of anilines is 1. The second kappa shape index (κ2) is 17.5. The molecule has 1 saturated heterocycles. The lowest BCUT2D eigenvalue weighted by atomic mass is 9.80. The van der Waals surface area contributed by atoms with Gasteiger partial charge in [-0.15, -0.1) is 0 Å². The number of rotatable bonds is 12. The number of hydrogen-bond donors (Lipinski definition) is 3. The van der Waals surface area contributed by atoms with Crippen LogP contribution in [0.2, 0.25) is 10.0 Å². The summed E-state index contributed by atoms with van der Waals surface area (Å²) in [7, 11) is -4.46. The molecule has 3 aliphatic rings. The van der Waals surface area contributed by atoms with Crippen LogP contribution in [-0.4, -0.2) is 90.4 Å². The number of nitrogens with one attached hydrogen (secondary N) is 2. The van der Waals surface area contributed by atoms with Crippen molar-refractivity contribution >= 4 is 61.3 Å². The van der Waals surface area contributed by atoms with Gasteiger partial charge in [-0.25, -0.2) is 26.9 Å². The molecule has 12 nitrogen and oxygen atoms in total. The zero-order valence-electron chi connectivity index (χ0n) is 33.5. The molecule has 3 N–H and O–H groups in total.